The minimum atomic E-state index is 0. The van der Waals surface area contributed by atoms with Crippen LogP contribution in [-0.2, 0) is 17.8 Å². The smallest absolute Gasteiger partial charge is 0.191 e. The third-order valence-electron chi connectivity index (χ3n) is 5.08. The fraction of sp³-hybridized carbons (Fsp3) is 0.522. The highest BCUT2D eigenvalue weighted by Crippen LogP contribution is 2.25. The lowest BCUT2D eigenvalue weighted by atomic mass is 10.1. The molecule has 1 aromatic heterocycles. The Morgan fingerprint density at radius 3 is 2.61 bits per heavy atom. The van der Waals surface area contributed by atoms with E-state index in [9.17, 15) is 0 Å². The summed E-state index contributed by atoms with van der Waals surface area (Å²) in [4.78, 5) is 10.9. The molecule has 1 aliphatic heterocycles. The lowest BCUT2D eigenvalue weighted by Gasteiger charge is -2.34. The van der Waals surface area contributed by atoms with E-state index in [1.165, 1.54) is 16.0 Å². The molecule has 1 saturated heterocycles. The molecule has 0 saturated carbocycles. The van der Waals surface area contributed by atoms with Gasteiger partial charge in [-0.2, -0.15) is 0 Å². The van der Waals surface area contributed by atoms with Gasteiger partial charge in [-0.3, -0.25) is 4.90 Å². The summed E-state index contributed by atoms with van der Waals surface area (Å²) in [7, 11) is 4.19. The van der Waals surface area contributed by atoms with Crippen molar-refractivity contribution in [2.45, 2.75) is 26.1 Å². The highest BCUT2D eigenvalue weighted by Gasteiger charge is 2.23. The summed E-state index contributed by atoms with van der Waals surface area (Å²) >= 11 is 1.82. The van der Waals surface area contributed by atoms with Crippen molar-refractivity contribution < 1.29 is 4.74 Å². The Balaban J connectivity index is 0.00000341. The summed E-state index contributed by atoms with van der Waals surface area (Å²) in [5.74, 6) is 0.866. The molecule has 2 aromatic rings. The van der Waals surface area contributed by atoms with Crippen molar-refractivity contribution in [3.05, 3.63) is 57.8 Å². The quantitative estimate of drug-likeness (QED) is 0.281. The molecule has 0 bridgehead atoms. The second-order valence-electron chi connectivity index (χ2n) is 7.81. The van der Waals surface area contributed by atoms with Crippen LogP contribution in [0.15, 0.2) is 46.8 Å². The molecule has 1 aliphatic rings. The van der Waals surface area contributed by atoms with E-state index < -0.39 is 0 Å². The van der Waals surface area contributed by atoms with Crippen LogP contribution in [0.5, 0.6) is 0 Å². The Kier molecular flexibility index (Phi) is 11.8. The largest absolute Gasteiger partial charge is 0.379 e. The number of hydrogen-bond acceptors (Lipinski definition) is 5. The molecule has 6 nitrogen and oxygen atoms in total. The first-order chi connectivity index (χ1) is 14.7. The molecule has 0 radical (unpaired) electrons. The fourth-order valence-corrected chi connectivity index (χ4v) is 4.54. The molecule has 1 fully saturated rings. The summed E-state index contributed by atoms with van der Waals surface area (Å²) in [5.41, 5.74) is 2.55. The van der Waals surface area contributed by atoms with E-state index in [0.717, 1.165) is 51.9 Å². The fourth-order valence-electron chi connectivity index (χ4n) is 3.68. The Morgan fingerprint density at radius 1 is 1.16 bits per heavy atom. The summed E-state index contributed by atoms with van der Waals surface area (Å²) in [6.07, 6.45) is 0. The number of nitrogens with one attached hydrogen (secondary N) is 2. The van der Waals surface area contributed by atoms with Crippen LogP contribution >= 0.6 is 35.3 Å². The van der Waals surface area contributed by atoms with Crippen molar-refractivity contribution in [3.8, 4) is 0 Å². The molecule has 2 N–H and O–H groups in total. The zero-order valence-corrected chi connectivity index (χ0v) is 22.0. The van der Waals surface area contributed by atoms with Crippen LogP contribution in [0, 0.1) is 0 Å². The second-order valence-corrected chi connectivity index (χ2v) is 8.79. The third-order valence-corrected chi connectivity index (χ3v) is 6.05. The van der Waals surface area contributed by atoms with Gasteiger partial charge in [0.25, 0.3) is 0 Å². The molecule has 1 atom stereocenters. The van der Waals surface area contributed by atoms with Crippen molar-refractivity contribution >= 4 is 41.3 Å². The standard InChI is InChI=1S/C23H35N5OS.HI/c1-4-24-23(25-16-19-7-5-8-20(15-19)18-27(2)3)26-17-21(22-9-6-14-30-22)28-10-12-29-13-11-28;/h5-9,14-15,21H,4,10-13,16-18H2,1-3H3,(H2,24,25,26);1H. The number of thiophene rings is 1. The van der Waals surface area contributed by atoms with E-state index >= 15 is 0 Å². The summed E-state index contributed by atoms with van der Waals surface area (Å²) in [6.45, 7) is 8.93. The minimum absolute atomic E-state index is 0. The van der Waals surface area contributed by atoms with E-state index in [0.29, 0.717) is 12.6 Å². The van der Waals surface area contributed by atoms with Crippen LogP contribution in [0.1, 0.15) is 29.0 Å². The first-order valence-electron chi connectivity index (χ1n) is 10.8. The van der Waals surface area contributed by atoms with Gasteiger partial charge in [0.05, 0.1) is 25.8 Å². The van der Waals surface area contributed by atoms with Crippen LogP contribution in [0.25, 0.3) is 0 Å². The lowest BCUT2D eigenvalue weighted by Crippen LogP contribution is -2.46. The number of aliphatic imine (C=N–C) groups is 1. The monoisotopic (exact) mass is 557 g/mol. The molecular weight excluding hydrogens is 521 g/mol. The minimum Gasteiger partial charge on any atom is -0.379 e. The van der Waals surface area contributed by atoms with E-state index in [2.05, 4.69) is 83.2 Å². The number of benzene rings is 1. The van der Waals surface area contributed by atoms with Crippen LogP contribution in [0.2, 0.25) is 0 Å². The Labute approximate surface area is 208 Å². The molecule has 8 heteroatoms. The summed E-state index contributed by atoms with van der Waals surface area (Å²) < 4.78 is 5.55. The Hall–Kier alpha value is -1.20. The van der Waals surface area contributed by atoms with Crippen LogP contribution in [0.3, 0.4) is 0 Å². The molecule has 0 aliphatic carbocycles. The number of ether oxygens (including phenoxy) is 1. The van der Waals surface area contributed by atoms with Crippen molar-refractivity contribution in [1.82, 2.24) is 20.4 Å². The molecule has 31 heavy (non-hydrogen) atoms. The maximum atomic E-state index is 5.55. The number of hydrogen-bond donors (Lipinski definition) is 2. The molecule has 3 rings (SSSR count). The molecule has 0 spiro atoms. The van der Waals surface area contributed by atoms with E-state index in [-0.39, 0.29) is 24.0 Å². The summed E-state index contributed by atoms with van der Waals surface area (Å²) in [6, 6.07) is 13.4. The molecule has 1 aromatic carbocycles. The van der Waals surface area contributed by atoms with Crippen LogP contribution in [0.4, 0.5) is 0 Å². The first-order valence-corrected chi connectivity index (χ1v) is 11.6. The number of nitrogens with zero attached hydrogens (tertiary/aromatic N) is 3. The van der Waals surface area contributed by atoms with Crippen LogP contribution in [-0.4, -0.2) is 69.2 Å². The predicted molar refractivity (Wildman–Crippen MR) is 142 cm³/mol. The highest BCUT2D eigenvalue weighted by atomic mass is 127. The molecule has 172 valence electrons. The molecule has 2 heterocycles. The average Bonchev–Trinajstić information content (AvgIpc) is 3.27. The molecule has 0 amide bonds. The van der Waals surface area contributed by atoms with E-state index in [4.69, 9.17) is 9.73 Å². The van der Waals surface area contributed by atoms with Gasteiger partial charge in [0, 0.05) is 37.6 Å². The highest BCUT2D eigenvalue weighted by molar-refractivity contribution is 14.0. The Morgan fingerprint density at radius 2 is 1.94 bits per heavy atom. The predicted octanol–water partition coefficient (Wildman–Crippen LogP) is 3.56. The topological polar surface area (TPSA) is 52.1 Å². The van der Waals surface area contributed by atoms with Gasteiger partial charge in [0.1, 0.15) is 0 Å². The SMILES string of the molecule is CCNC(=NCc1cccc(CN(C)C)c1)NCC(c1cccs1)N1CCOCC1.I. The molecular formula is C23H36IN5OS. The van der Waals surface area contributed by atoms with Crippen molar-refractivity contribution in [1.29, 1.82) is 0 Å². The third kappa shape index (κ3) is 8.69. The van der Waals surface area contributed by atoms with Gasteiger partial charge in [-0.05, 0) is 43.6 Å². The average molecular weight is 558 g/mol. The van der Waals surface area contributed by atoms with Gasteiger partial charge >= 0.3 is 0 Å². The number of halogens is 1. The van der Waals surface area contributed by atoms with Crippen molar-refractivity contribution in [2.24, 2.45) is 4.99 Å². The lowest BCUT2D eigenvalue weighted by molar-refractivity contribution is 0.0177. The number of morpholine rings is 1. The van der Waals surface area contributed by atoms with E-state index in [1.54, 1.807) is 0 Å². The van der Waals surface area contributed by atoms with E-state index in [1.807, 2.05) is 11.3 Å². The van der Waals surface area contributed by atoms with Crippen molar-refractivity contribution in [2.75, 3.05) is 53.5 Å². The summed E-state index contributed by atoms with van der Waals surface area (Å²) in [5, 5.41) is 9.13. The number of rotatable bonds is 9. The first kappa shape index (κ1) is 26.1. The maximum Gasteiger partial charge on any atom is 0.191 e. The van der Waals surface area contributed by atoms with Gasteiger partial charge in [-0.15, -0.1) is 35.3 Å². The second kappa shape index (κ2) is 14.1. The van der Waals surface area contributed by atoms with Gasteiger partial charge in [-0.25, -0.2) is 4.99 Å². The number of guanidine groups is 1. The van der Waals surface area contributed by atoms with Gasteiger partial charge in [-0.1, -0.05) is 30.3 Å². The Bertz CT molecular complexity index is 778. The maximum absolute atomic E-state index is 5.55. The van der Waals surface area contributed by atoms with Crippen LogP contribution < -0.4 is 10.6 Å². The normalized spacial score (nSPS) is 16.1. The van der Waals surface area contributed by atoms with Crippen molar-refractivity contribution in [3.63, 3.8) is 0 Å². The zero-order valence-electron chi connectivity index (χ0n) is 18.8. The molecule has 1 unspecified atom stereocenters. The van der Waals surface area contributed by atoms with Gasteiger partial charge in [0.2, 0.25) is 0 Å². The van der Waals surface area contributed by atoms with Gasteiger partial charge < -0.3 is 20.3 Å². The van der Waals surface area contributed by atoms with Gasteiger partial charge in [0.15, 0.2) is 5.96 Å². The zero-order chi connectivity index (χ0) is 21.2.